The van der Waals surface area contributed by atoms with Crippen molar-refractivity contribution in [1.82, 2.24) is 10.0 Å². The maximum Gasteiger partial charge on any atom is 0.416 e. The molecule has 0 aromatic heterocycles. The van der Waals surface area contributed by atoms with Crippen LogP contribution in [0.25, 0.3) is 0 Å². The van der Waals surface area contributed by atoms with Gasteiger partial charge in [0.05, 0.1) is 22.6 Å². The number of fused-ring (bicyclic) bond motifs is 2. The molecule has 0 bridgehead atoms. The minimum Gasteiger partial charge on any atom is -0.399 e. The Hall–Kier alpha value is -2.92. The second-order valence-electron chi connectivity index (χ2n) is 8.73. The van der Waals surface area contributed by atoms with Crippen LogP contribution < -0.4 is 15.8 Å². The lowest BCUT2D eigenvalue weighted by Gasteiger charge is -2.24. The monoisotopic (exact) mass is 518 g/mol. The summed E-state index contributed by atoms with van der Waals surface area (Å²) >= 11 is 0. The predicted octanol–water partition coefficient (Wildman–Crippen LogP) is 4.09. The van der Waals surface area contributed by atoms with Crippen LogP contribution in [0, 0.1) is 0 Å². The molecule has 0 aliphatic heterocycles. The first kappa shape index (κ1) is 26.2. The van der Waals surface area contributed by atoms with Gasteiger partial charge in [-0.25, -0.2) is 13.3 Å². The van der Waals surface area contributed by atoms with E-state index in [4.69, 9.17) is 5.73 Å². The molecule has 0 radical (unpaired) electrons. The summed E-state index contributed by atoms with van der Waals surface area (Å²) in [5.41, 5.74) is 10.5. The van der Waals surface area contributed by atoms with Crippen LogP contribution in [-0.2, 0) is 28.9 Å². The number of nitrogen functional groups attached to an aromatic ring is 1. The highest BCUT2D eigenvalue weighted by molar-refractivity contribution is 7.91. The van der Waals surface area contributed by atoms with Crippen molar-refractivity contribution in [2.75, 3.05) is 25.9 Å². The first-order valence-corrected chi connectivity index (χ1v) is 13.1. The third kappa shape index (κ3) is 5.73. The second kappa shape index (κ2) is 10.6. The van der Waals surface area contributed by atoms with Gasteiger partial charge in [0.15, 0.2) is 0 Å². The van der Waals surface area contributed by atoms with E-state index >= 15 is 0 Å². The normalized spacial score (nSPS) is 17.9. The fourth-order valence-corrected chi connectivity index (χ4v) is 5.86. The topological polar surface area (TPSA) is 99.7 Å². The molecule has 1 aliphatic rings. The Morgan fingerprint density at radius 1 is 1.03 bits per heavy atom. The van der Waals surface area contributed by atoms with E-state index in [0.717, 1.165) is 48.2 Å². The molecule has 0 spiro atoms. The third-order valence-electron chi connectivity index (χ3n) is 6.34. The number of benzene rings is 3. The molecule has 3 aromatic carbocycles. The van der Waals surface area contributed by atoms with Crippen LogP contribution in [0.15, 0.2) is 76.0 Å². The summed E-state index contributed by atoms with van der Waals surface area (Å²) in [7, 11) is -1.89. The van der Waals surface area contributed by atoms with Gasteiger partial charge in [-0.2, -0.15) is 13.2 Å². The molecule has 4 rings (SSSR count). The molecule has 0 fully saturated rings. The van der Waals surface area contributed by atoms with Gasteiger partial charge in [-0.3, -0.25) is 0 Å². The van der Waals surface area contributed by atoms with Crippen LogP contribution in [0.4, 0.5) is 18.9 Å². The van der Waals surface area contributed by atoms with E-state index in [-0.39, 0.29) is 24.0 Å². The third-order valence-corrected chi connectivity index (χ3v) is 8.32. The number of aryl methyl sites for hydroxylation is 2. The predicted molar refractivity (Wildman–Crippen MR) is 135 cm³/mol. The average Bonchev–Trinajstić information content (AvgIpc) is 3.02. The number of nitrogens with two attached hydrogens (primary N) is 1. The zero-order chi connectivity index (χ0) is 25.9. The quantitative estimate of drug-likeness (QED) is 0.354. The van der Waals surface area contributed by atoms with E-state index in [1.165, 1.54) is 18.2 Å². The number of hydrogen-bond acceptors (Lipinski definition) is 5. The molecule has 3 atom stereocenters. The molecule has 1 aliphatic carbocycles. The van der Waals surface area contributed by atoms with E-state index in [2.05, 4.69) is 26.5 Å². The van der Waals surface area contributed by atoms with Crippen molar-refractivity contribution in [3.8, 4) is 0 Å². The maximum absolute atomic E-state index is 13.2. The molecule has 3 unspecified atom stereocenters. The molecule has 0 saturated carbocycles. The lowest BCUT2D eigenvalue weighted by Crippen LogP contribution is -2.39. The molecule has 0 saturated heterocycles. The average molecular weight is 519 g/mol. The smallest absolute Gasteiger partial charge is 0.399 e. The van der Waals surface area contributed by atoms with Crippen molar-refractivity contribution < 1.29 is 22.5 Å². The molecule has 192 valence electrons. The summed E-state index contributed by atoms with van der Waals surface area (Å²) in [6.07, 6.45) is -3.66. The summed E-state index contributed by atoms with van der Waals surface area (Å²) < 4.78 is 58.4. The van der Waals surface area contributed by atoms with Gasteiger partial charge in [-0.15, -0.1) is 0 Å². The van der Waals surface area contributed by atoms with Gasteiger partial charge in [-0.1, -0.05) is 30.3 Å². The Morgan fingerprint density at radius 2 is 1.69 bits per heavy atom. The van der Waals surface area contributed by atoms with Crippen molar-refractivity contribution in [1.29, 1.82) is 0 Å². The number of alkyl halides is 3. The zero-order valence-electron chi connectivity index (χ0n) is 19.8. The number of aliphatic hydroxyl groups is 1. The Bertz CT molecular complexity index is 1340. The van der Waals surface area contributed by atoms with Crippen molar-refractivity contribution in [3.05, 3.63) is 94.5 Å². The van der Waals surface area contributed by atoms with Crippen LogP contribution in [0.5, 0.6) is 0 Å². The van der Waals surface area contributed by atoms with Crippen LogP contribution in [0.3, 0.4) is 0 Å². The SMILES string of the molecule is CN=S(=O)(NCC(O)CNC1c2ccccc2CCc2ccc(N)cc21)c1ccc(C(F)(F)F)cc1. The maximum atomic E-state index is 13.2. The first-order valence-electron chi connectivity index (χ1n) is 11.6. The largest absolute Gasteiger partial charge is 0.416 e. The molecule has 5 N–H and O–H groups in total. The molecular weight excluding hydrogens is 489 g/mol. The molecular formula is C26H29F3N4O2S. The highest BCUT2D eigenvalue weighted by atomic mass is 32.2. The molecule has 6 nitrogen and oxygen atoms in total. The number of halogens is 3. The van der Waals surface area contributed by atoms with Crippen molar-refractivity contribution in [2.45, 2.75) is 36.1 Å². The second-order valence-corrected chi connectivity index (χ2v) is 10.9. The van der Waals surface area contributed by atoms with Gasteiger partial charge >= 0.3 is 6.18 Å². The van der Waals surface area contributed by atoms with E-state index in [1.54, 1.807) is 0 Å². The summed E-state index contributed by atoms with van der Waals surface area (Å²) in [5, 5.41) is 14.1. The van der Waals surface area contributed by atoms with Crippen molar-refractivity contribution in [3.63, 3.8) is 0 Å². The van der Waals surface area contributed by atoms with Gasteiger partial charge in [0.2, 0.25) is 0 Å². The van der Waals surface area contributed by atoms with Crippen LogP contribution in [-0.4, -0.2) is 35.6 Å². The number of nitrogens with one attached hydrogen (secondary N) is 2. The fourth-order valence-electron chi connectivity index (χ4n) is 4.43. The molecule has 0 heterocycles. The Labute approximate surface area is 209 Å². The van der Waals surface area contributed by atoms with E-state index in [0.29, 0.717) is 5.69 Å². The Balaban J connectivity index is 1.47. The summed E-state index contributed by atoms with van der Waals surface area (Å²) in [6.45, 7) is 0.0921. The van der Waals surface area contributed by atoms with Crippen LogP contribution in [0.1, 0.15) is 33.9 Å². The highest BCUT2D eigenvalue weighted by Crippen LogP contribution is 2.34. The zero-order valence-corrected chi connectivity index (χ0v) is 20.6. The highest BCUT2D eigenvalue weighted by Gasteiger charge is 2.30. The van der Waals surface area contributed by atoms with Gasteiger partial charge in [-0.05, 0) is 71.5 Å². The van der Waals surface area contributed by atoms with Crippen LogP contribution in [0.2, 0.25) is 0 Å². The van der Waals surface area contributed by atoms with Gasteiger partial charge in [0, 0.05) is 25.8 Å². The number of anilines is 1. The van der Waals surface area contributed by atoms with Gasteiger partial charge in [0.25, 0.3) is 0 Å². The number of rotatable bonds is 7. The lowest BCUT2D eigenvalue weighted by molar-refractivity contribution is -0.137. The molecule has 3 aromatic rings. The minimum absolute atomic E-state index is 0.0810. The van der Waals surface area contributed by atoms with Gasteiger partial charge in [0.1, 0.15) is 9.92 Å². The Morgan fingerprint density at radius 3 is 2.36 bits per heavy atom. The standard InChI is InChI=1S/C26H29F3N4O2S/c1-31-36(35,22-12-9-19(10-13-22)26(27,28)29)33-16-21(34)15-32-25-23-5-3-2-4-17(23)6-7-18-8-11-20(30)14-24(18)25/h2-5,8-14,21,25,32,34H,6-7,15-16,30H2,1H3,(H,31,33,35). The summed E-state index contributed by atoms with van der Waals surface area (Å²) in [6, 6.07) is 17.8. The van der Waals surface area contributed by atoms with Crippen molar-refractivity contribution >= 4 is 15.6 Å². The number of nitrogens with zero attached hydrogens (tertiary/aromatic N) is 1. The fraction of sp³-hybridized carbons (Fsp3) is 0.308. The van der Waals surface area contributed by atoms with Gasteiger partial charge < -0.3 is 16.2 Å². The molecule has 10 heteroatoms. The number of hydrogen-bond donors (Lipinski definition) is 4. The summed E-state index contributed by atoms with van der Waals surface area (Å²) in [4.78, 5) is 0.111. The summed E-state index contributed by atoms with van der Waals surface area (Å²) in [5.74, 6) is 0. The molecule has 0 amide bonds. The Kier molecular flexibility index (Phi) is 7.70. The lowest BCUT2D eigenvalue weighted by atomic mass is 9.94. The van der Waals surface area contributed by atoms with E-state index < -0.39 is 27.8 Å². The number of aliphatic hydroxyl groups excluding tert-OH is 1. The first-order chi connectivity index (χ1) is 17.1. The van der Waals surface area contributed by atoms with E-state index in [1.807, 2.05) is 30.3 Å². The van der Waals surface area contributed by atoms with E-state index in [9.17, 15) is 22.5 Å². The van der Waals surface area contributed by atoms with Crippen LogP contribution >= 0.6 is 0 Å². The molecule has 36 heavy (non-hydrogen) atoms. The van der Waals surface area contributed by atoms with Crippen molar-refractivity contribution in [2.24, 2.45) is 4.36 Å². The minimum atomic E-state index is -4.49.